The van der Waals surface area contributed by atoms with Gasteiger partial charge in [0.15, 0.2) is 0 Å². The van der Waals surface area contributed by atoms with Crippen molar-refractivity contribution in [2.45, 2.75) is 19.0 Å². The van der Waals surface area contributed by atoms with E-state index in [1.807, 2.05) is 6.07 Å². The van der Waals surface area contributed by atoms with Gasteiger partial charge in [-0.05, 0) is 42.3 Å². The monoisotopic (exact) mass is 323 g/mol. The maximum Gasteiger partial charge on any atom is 0.325 e. The number of hydrogen-bond donors (Lipinski definition) is 1. The van der Waals surface area contributed by atoms with Gasteiger partial charge in [0.05, 0.1) is 18.2 Å². The molecule has 0 spiro atoms. The second kappa shape index (κ2) is 5.78. The van der Waals surface area contributed by atoms with Crippen molar-refractivity contribution >= 4 is 11.9 Å². The van der Waals surface area contributed by atoms with Crippen molar-refractivity contribution in [2.24, 2.45) is 0 Å². The molecule has 3 amide bonds. The number of benzene rings is 2. The van der Waals surface area contributed by atoms with E-state index >= 15 is 0 Å². The highest BCUT2D eigenvalue weighted by Gasteiger charge is 2.48. The standard InChI is InChI=1S/C18H14FN3O2/c1-18(14-5-7-15(19)8-6-14)16(23)22(17(24)21-18)11-13-4-2-3-12(9-13)10-20/h2-9H,11H2,1H3,(H,21,24). The summed E-state index contributed by atoms with van der Waals surface area (Å²) in [6.07, 6.45) is 0. The minimum atomic E-state index is -1.24. The summed E-state index contributed by atoms with van der Waals surface area (Å²) in [6, 6.07) is 13.7. The van der Waals surface area contributed by atoms with Crippen molar-refractivity contribution in [1.29, 1.82) is 5.26 Å². The Morgan fingerprint density at radius 2 is 1.92 bits per heavy atom. The number of rotatable bonds is 3. The molecule has 0 bridgehead atoms. The number of carbonyl (C=O) groups is 2. The highest BCUT2D eigenvalue weighted by molar-refractivity contribution is 6.07. The molecular formula is C18H14FN3O2. The Labute approximate surface area is 138 Å². The summed E-state index contributed by atoms with van der Waals surface area (Å²) < 4.78 is 13.1. The topological polar surface area (TPSA) is 73.2 Å². The molecule has 1 saturated heterocycles. The Morgan fingerprint density at radius 1 is 1.21 bits per heavy atom. The molecule has 0 aromatic heterocycles. The Balaban J connectivity index is 1.88. The average Bonchev–Trinajstić information content (AvgIpc) is 2.80. The summed E-state index contributed by atoms with van der Waals surface area (Å²) in [6.45, 7) is 1.66. The highest BCUT2D eigenvalue weighted by atomic mass is 19.1. The molecule has 0 radical (unpaired) electrons. The SMILES string of the molecule is CC1(c2ccc(F)cc2)NC(=O)N(Cc2cccc(C#N)c2)C1=O. The molecule has 1 fully saturated rings. The largest absolute Gasteiger partial charge is 0.325 e. The molecule has 1 aliphatic heterocycles. The first-order chi connectivity index (χ1) is 11.4. The molecule has 1 N–H and O–H groups in total. The van der Waals surface area contributed by atoms with Crippen molar-refractivity contribution in [3.63, 3.8) is 0 Å². The van der Waals surface area contributed by atoms with Crippen LogP contribution in [0, 0.1) is 17.1 Å². The average molecular weight is 323 g/mol. The fraction of sp³-hybridized carbons (Fsp3) is 0.167. The lowest BCUT2D eigenvalue weighted by atomic mass is 9.92. The zero-order chi connectivity index (χ0) is 17.3. The van der Waals surface area contributed by atoms with Crippen LogP contribution in [0.25, 0.3) is 0 Å². The summed E-state index contributed by atoms with van der Waals surface area (Å²) in [7, 11) is 0. The van der Waals surface area contributed by atoms with Crippen LogP contribution < -0.4 is 5.32 Å². The highest BCUT2D eigenvalue weighted by Crippen LogP contribution is 2.29. The summed E-state index contributed by atoms with van der Waals surface area (Å²) >= 11 is 0. The molecule has 1 aliphatic rings. The lowest BCUT2D eigenvalue weighted by Gasteiger charge is -2.22. The molecule has 1 heterocycles. The van der Waals surface area contributed by atoms with Crippen LogP contribution in [0.2, 0.25) is 0 Å². The zero-order valence-electron chi connectivity index (χ0n) is 12.9. The van der Waals surface area contributed by atoms with Gasteiger partial charge < -0.3 is 5.32 Å². The van der Waals surface area contributed by atoms with E-state index < -0.39 is 23.3 Å². The van der Waals surface area contributed by atoms with Gasteiger partial charge in [-0.15, -0.1) is 0 Å². The molecular weight excluding hydrogens is 309 g/mol. The number of halogens is 1. The van der Waals surface area contributed by atoms with Gasteiger partial charge in [-0.3, -0.25) is 9.69 Å². The summed E-state index contributed by atoms with van der Waals surface area (Å²) in [5.41, 5.74) is 0.412. The van der Waals surface area contributed by atoms with Crippen LogP contribution >= 0.6 is 0 Å². The second-order valence-electron chi connectivity index (χ2n) is 5.77. The fourth-order valence-electron chi connectivity index (χ4n) is 2.74. The predicted octanol–water partition coefficient (Wildman–Crippen LogP) is 2.66. The van der Waals surface area contributed by atoms with Gasteiger partial charge in [-0.2, -0.15) is 5.26 Å². The Hall–Kier alpha value is -3.20. The zero-order valence-corrected chi connectivity index (χ0v) is 12.9. The molecule has 120 valence electrons. The number of nitrogens with zero attached hydrogens (tertiary/aromatic N) is 2. The van der Waals surface area contributed by atoms with E-state index in [0.29, 0.717) is 16.7 Å². The number of urea groups is 1. The number of carbonyl (C=O) groups excluding carboxylic acids is 2. The number of nitriles is 1. The van der Waals surface area contributed by atoms with Crippen molar-refractivity contribution < 1.29 is 14.0 Å². The first kappa shape index (κ1) is 15.7. The van der Waals surface area contributed by atoms with Gasteiger partial charge in [-0.25, -0.2) is 9.18 Å². The first-order valence-electron chi connectivity index (χ1n) is 7.33. The maximum absolute atomic E-state index is 13.1. The van der Waals surface area contributed by atoms with Crippen LogP contribution in [-0.4, -0.2) is 16.8 Å². The maximum atomic E-state index is 13.1. The normalized spacial score (nSPS) is 20.0. The van der Waals surface area contributed by atoms with Gasteiger partial charge in [0, 0.05) is 0 Å². The minimum Gasteiger partial charge on any atom is -0.319 e. The Kier molecular flexibility index (Phi) is 3.78. The van der Waals surface area contributed by atoms with Crippen LogP contribution in [0.4, 0.5) is 9.18 Å². The summed E-state index contributed by atoms with van der Waals surface area (Å²) in [5, 5.41) is 11.6. The predicted molar refractivity (Wildman–Crippen MR) is 84.0 cm³/mol. The van der Waals surface area contributed by atoms with E-state index in [-0.39, 0.29) is 6.54 Å². The minimum absolute atomic E-state index is 0.0664. The van der Waals surface area contributed by atoms with E-state index in [4.69, 9.17) is 5.26 Å². The molecule has 5 nitrogen and oxygen atoms in total. The second-order valence-corrected chi connectivity index (χ2v) is 5.77. The van der Waals surface area contributed by atoms with Crippen LogP contribution in [0.5, 0.6) is 0 Å². The van der Waals surface area contributed by atoms with Gasteiger partial charge in [0.25, 0.3) is 5.91 Å². The summed E-state index contributed by atoms with van der Waals surface area (Å²) in [5.74, 6) is -0.828. The molecule has 1 atom stereocenters. The van der Waals surface area contributed by atoms with E-state index in [2.05, 4.69) is 5.32 Å². The van der Waals surface area contributed by atoms with Crippen molar-refractivity contribution in [1.82, 2.24) is 10.2 Å². The molecule has 0 saturated carbocycles. The van der Waals surface area contributed by atoms with Crippen molar-refractivity contribution in [3.05, 3.63) is 71.0 Å². The molecule has 2 aromatic carbocycles. The van der Waals surface area contributed by atoms with Crippen LogP contribution in [-0.2, 0) is 16.9 Å². The van der Waals surface area contributed by atoms with Gasteiger partial charge in [0.2, 0.25) is 0 Å². The van der Waals surface area contributed by atoms with Gasteiger partial charge in [0.1, 0.15) is 11.4 Å². The molecule has 2 aromatic rings. The van der Waals surface area contributed by atoms with E-state index in [1.165, 1.54) is 24.3 Å². The smallest absolute Gasteiger partial charge is 0.319 e. The molecule has 6 heteroatoms. The van der Waals surface area contributed by atoms with Crippen LogP contribution in [0.1, 0.15) is 23.6 Å². The van der Waals surface area contributed by atoms with Crippen LogP contribution in [0.3, 0.4) is 0 Å². The Morgan fingerprint density at radius 3 is 2.58 bits per heavy atom. The third-order valence-electron chi connectivity index (χ3n) is 4.09. The quantitative estimate of drug-likeness (QED) is 0.883. The van der Waals surface area contributed by atoms with Crippen LogP contribution in [0.15, 0.2) is 48.5 Å². The van der Waals surface area contributed by atoms with E-state index in [1.54, 1.807) is 31.2 Å². The van der Waals surface area contributed by atoms with E-state index in [0.717, 1.165) is 4.90 Å². The molecule has 1 unspecified atom stereocenters. The fourth-order valence-corrected chi connectivity index (χ4v) is 2.74. The van der Waals surface area contributed by atoms with Crippen molar-refractivity contribution in [3.8, 4) is 6.07 Å². The third kappa shape index (κ3) is 2.61. The first-order valence-corrected chi connectivity index (χ1v) is 7.33. The molecule has 0 aliphatic carbocycles. The lowest BCUT2D eigenvalue weighted by molar-refractivity contribution is -0.131. The van der Waals surface area contributed by atoms with Gasteiger partial charge in [-0.1, -0.05) is 24.3 Å². The number of hydrogen-bond acceptors (Lipinski definition) is 3. The molecule has 3 rings (SSSR count). The molecule has 24 heavy (non-hydrogen) atoms. The summed E-state index contributed by atoms with van der Waals surface area (Å²) in [4.78, 5) is 26.1. The Bertz CT molecular complexity index is 857. The number of imide groups is 1. The van der Waals surface area contributed by atoms with E-state index in [9.17, 15) is 14.0 Å². The number of amides is 3. The van der Waals surface area contributed by atoms with Crippen molar-refractivity contribution in [2.75, 3.05) is 0 Å². The third-order valence-corrected chi connectivity index (χ3v) is 4.09. The van der Waals surface area contributed by atoms with Gasteiger partial charge >= 0.3 is 6.03 Å². The lowest BCUT2D eigenvalue weighted by Crippen LogP contribution is -2.40. The number of nitrogens with one attached hydrogen (secondary N) is 1.